The standard InChI is InChI=1S/C34H70.C33H68.C32H66/c1-14-34(13,24-22-33(12)32(11)20-18-29(8)26(4)5)23-21-27(6)15-16-30(9)31(10)19-17-28(7)25(2)3;1-13-33(12,23-14-15-27(6)16-18-29(8)25(2)3)24-22-28(7)17-19-31(10)32(11)21-20-30(9)26(4)5;1-12-32(11,23-14-17-28(7)19-21-31(10)26(4)5)24-22-29(8)16-13-15-27(6)18-20-30(9)25(2)3/h25-33H,14-24H2,1-13H3;25-32H,13-24H2,1-12H3;25-31H,12-24H2,1-11H3. The first kappa shape index (κ1) is 103. The Morgan fingerprint density at radius 1 is 0.152 bits per heavy atom. The zero-order chi connectivity index (χ0) is 76.8. The summed E-state index contributed by atoms with van der Waals surface area (Å²) in [5.41, 5.74) is 1.67. The van der Waals surface area contributed by atoms with E-state index < -0.39 is 0 Å². The summed E-state index contributed by atoms with van der Waals surface area (Å²) < 4.78 is 0. The second kappa shape index (κ2) is 58.1. The zero-order valence-electron chi connectivity index (χ0n) is 76.8. The van der Waals surface area contributed by atoms with Crippen LogP contribution in [0, 0.1) is 158 Å². The van der Waals surface area contributed by atoms with Crippen molar-refractivity contribution in [2.45, 2.75) is 480 Å². The molecule has 0 aromatic carbocycles. The van der Waals surface area contributed by atoms with Gasteiger partial charge in [-0.25, -0.2) is 0 Å². The zero-order valence-corrected chi connectivity index (χ0v) is 76.8. The summed E-state index contributed by atoms with van der Waals surface area (Å²) in [6.45, 7) is 88.2. The summed E-state index contributed by atoms with van der Waals surface area (Å²) in [5, 5.41) is 0. The Bertz CT molecular complexity index is 1750. The van der Waals surface area contributed by atoms with Crippen LogP contribution in [0.4, 0.5) is 0 Å². The molecule has 0 radical (unpaired) electrons. The van der Waals surface area contributed by atoms with Gasteiger partial charge in [0, 0.05) is 0 Å². The van der Waals surface area contributed by atoms with E-state index in [9.17, 15) is 0 Å². The Labute approximate surface area is 635 Å². The van der Waals surface area contributed by atoms with Gasteiger partial charge in [0.2, 0.25) is 0 Å². The second-order valence-corrected chi connectivity index (χ2v) is 41.8. The van der Waals surface area contributed by atoms with Crippen molar-refractivity contribution >= 4 is 0 Å². The van der Waals surface area contributed by atoms with Gasteiger partial charge < -0.3 is 0 Å². The SMILES string of the molecule is CCC(C)(CCC(C)CCC(C)C(C)CCC(C)C(C)C)CCC(C)C(C)CCC(C)C(C)C.CCC(C)(CCCC(C)CCC(C)C(C)C)CCC(C)CCC(C)C(C)CCC(C)C(C)C.CCC(C)(CCCC(C)CCC(C)C(C)C)CCC(C)CCCC(C)CCC(C)C(C)C. The second-order valence-electron chi connectivity index (χ2n) is 41.8. The van der Waals surface area contributed by atoms with Crippen LogP contribution in [0.2, 0.25) is 0 Å². The van der Waals surface area contributed by atoms with Crippen LogP contribution in [-0.4, -0.2) is 0 Å². The molecule has 0 aromatic rings. The van der Waals surface area contributed by atoms with E-state index in [-0.39, 0.29) is 0 Å². The first-order valence-electron chi connectivity index (χ1n) is 45.9. The lowest BCUT2D eigenvalue weighted by Crippen LogP contribution is -2.20. The monoisotopic (exact) mass is 1390 g/mol. The van der Waals surface area contributed by atoms with Gasteiger partial charge >= 0.3 is 0 Å². The number of hydrogen-bond donors (Lipinski definition) is 0. The molecule has 0 nitrogen and oxygen atoms in total. The van der Waals surface area contributed by atoms with E-state index in [1.54, 1.807) is 0 Å². The van der Waals surface area contributed by atoms with Crippen LogP contribution < -0.4 is 0 Å². The maximum atomic E-state index is 2.58. The molecule has 0 fully saturated rings. The van der Waals surface area contributed by atoms with Gasteiger partial charge in [-0.05, 0) is 203 Å². The highest BCUT2D eigenvalue weighted by molar-refractivity contribution is 4.80. The third kappa shape index (κ3) is 54.3. The molecule has 600 valence electrons. The van der Waals surface area contributed by atoms with Crippen molar-refractivity contribution in [1.29, 1.82) is 0 Å². The van der Waals surface area contributed by atoms with Crippen LogP contribution in [0.25, 0.3) is 0 Å². The fourth-order valence-corrected chi connectivity index (χ4v) is 15.3. The van der Waals surface area contributed by atoms with Crippen LogP contribution in [0.5, 0.6) is 0 Å². The van der Waals surface area contributed by atoms with E-state index in [1.165, 1.54) is 231 Å². The Hall–Kier alpha value is 0. The number of rotatable bonds is 60. The molecule has 0 heterocycles. The highest BCUT2D eigenvalue weighted by atomic mass is 14.3. The molecule has 0 N–H and O–H groups in total. The van der Waals surface area contributed by atoms with Gasteiger partial charge in [0.15, 0.2) is 0 Å². The van der Waals surface area contributed by atoms with Crippen LogP contribution in [-0.2, 0) is 0 Å². The van der Waals surface area contributed by atoms with E-state index in [0.29, 0.717) is 16.2 Å². The lowest BCUT2D eigenvalue weighted by Gasteiger charge is -2.32. The fourth-order valence-electron chi connectivity index (χ4n) is 15.3. The van der Waals surface area contributed by atoms with Gasteiger partial charge in [0.25, 0.3) is 0 Å². The molecule has 0 rings (SSSR count). The molecule has 0 saturated carbocycles. The summed E-state index contributed by atoms with van der Waals surface area (Å²) in [5.74, 6) is 20.9. The lowest BCUT2D eigenvalue weighted by atomic mass is 9.73. The van der Waals surface area contributed by atoms with E-state index in [4.69, 9.17) is 0 Å². The Morgan fingerprint density at radius 3 is 0.525 bits per heavy atom. The predicted octanol–water partition coefficient (Wildman–Crippen LogP) is 35.5. The minimum atomic E-state index is 0.541. The molecule has 0 aromatic heterocycles. The Balaban J connectivity index is -0.00000140. The predicted molar refractivity (Wildman–Crippen MR) is 462 cm³/mol. The van der Waals surface area contributed by atoms with E-state index in [2.05, 4.69) is 249 Å². The molecule has 99 heavy (non-hydrogen) atoms. The van der Waals surface area contributed by atoms with Crippen molar-refractivity contribution in [3.63, 3.8) is 0 Å². The lowest BCUT2D eigenvalue weighted by molar-refractivity contribution is 0.194. The third-order valence-corrected chi connectivity index (χ3v) is 30.4. The van der Waals surface area contributed by atoms with Crippen molar-refractivity contribution in [3.8, 4) is 0 Å². The summed E-state index contributed by atoms with van der Waals surface area (Å²) in [7, 11) is 0. The first-order chi connectivity index (χ1) is 45.9. The van der Waals surface area contributed by atoms with Gasteiger partial charge in [-0.3, -0.25) is 0 Å². The van der Waals surface area contributed by atoms with Gasteiger partial charge in [-0.2, -0.15) is 0 Å². The van der Waals surface area contributed by atoms with E-state index in [1.807, 2.05) is 0 Å². The summed E-state index contributed by atoms with van der Waals surface area (Å²) >= 11 is 0. The normalized spacial score (nSPS) is 19.8. The summed E-state index contributed by atoms with van der Waals surface area (Å²) in [6.07, 6.45) is 51.0. The maximum Gasteiger partial charge on any atom is -0.0328 e. The molecule has 0 amide bonds. The Morgan fingerprint density at radius 2 is 0.303 bits per heavy atom. The molecule has 0 heteroatoms. The highest BCUT2D eigenvalue weighted by Gasteiger charge is 2.28. The minimum absolute atomic E-state index is 0.541. The molecule has 0 spiro atoms. The summed E-state index contributed by atoms with van der Waals surface area (Å²) in [6, 6.07) is 0. The molecule has 0 aliphatic rings. The van der Waals surface area contributed by atoms with Gasteiger partial charge in [0.1, 0.15) is 0 Å². The Kier molecular flexibility index (Phi) is 60.5. The molecular weight excluding hydrogens is 1190 g/mol. The maximum absolute atomic E-state index is 2.58. The molecule has 21 unspecified atom stereocenters. The van der Waals surface area contributed by atoms with Crippen LogP contribution >= 0.6 is 0 Å². The van der Waals surface area contributed by atoms with Crippen molar-refractivity contribution in [2.24, 2.45) is 158 Å². The van der Waals surface area contributed by atoms with Gasteiger partial charge in [0.05, 0.1) is 0 Å². The molecule has 21 atom stereocenters. The fraction of sp³-hybridized carbons (Fsp3) is 1.00. The molecule has 0 aliphatic carbocycles. The van der Waals surface area contributed by atoms with Crippen molar-refractivity contribution < 1.29 is 0 Å². The van der Waals surface area contributed by atoms with Crippen molar-refractivity contribution in [2.75, 3.05) is 0 Å². The van der Waals surface area contributed by atoms with E-state index >= 15 is 0 Å². The largest absolute Gasteiger partial charge is 0.0649 e. The van der Waals surface area contributed by atoms with Crippen LogP contribution in [0.3, 0.4) is 0 Å². The van der Waals surface area contributed by atoms with Crippen molar-refractivity contribution in [3.05, 3.63) is 0 Å². The van der Waals surface area contributed by atoms with Gasteiger partial charge in [-0.1, -0.05) is 435 Å². The average molecular weight is 1390 g/mol. The van der Waals surface area contributed by atoms with Gasteiger partial charge in [-0.15, -0.1) is 0 Å². The van der Waals surface area contributed by atoms with Crippen LogP contribution in [0.1, 0.15) is 480 Å². The van der Waals surface area contributed by atoms with Crippen LogP contribution in [0.15, 0.2) is 0 Å². The minimum Gasteiger partial charge on any atom is -0.0649 e. The molecule has 0 saturated heterocycles. The van der Waals surface area contributed by atoms with E-state index in [0.717, 1.165) is 142 Å². The number of hydrogen-bond acceptors (Lipinski definition) is 0. The summed E-state index contributed by atoms with van der Waals surface area (Å²) in [4.78, 5) is 0. The quantitative estimate of drug-likeness (QED) is 0.0569. The molecular formula is C99H204. The van der Waals surface area contributed by atoms with Crippen molar-refractivity contribution in [1.82, 2.24) is 0 Å². The average Bonchev–Trinajstić information content (AvgIpc) is 0.997. The molecule has 0 bridgehead atoms. The topological polar surface area (TPSA) is 0 Å². The smallest absolute Gasteiger partial charge is 0.0328 e. The first-order valence-corrected chi connectivity index (χ1v) is 45.9. The third-order valence-electron chi connectivity index (χ3n) is 30.4. The molecule has 0 aliphatic heterocycles. The highest BCUT2D eigenvalue weighted by Crippen LogP contribution is 2.41.